The molecule has 2 aromatic rings. The van der Waals surface area contributed by atoms with E-state index in [1.165, 1.54) is 18.2 Å². The number of hydrogen-bond donors (Lipinski definition) is 1. The maximum atomic E-state index is 14.0. The van der Waals surface area contributed by atoms with Crippen LogP contribution in [0.5, 0.6) is 0 Å². The van der Waals surface area contributed by atoms with Gasteiger partial charge in [-0.3, -0.25) is 4.79 Å². The molecule has 0 aliphatic carbocycles. The highest BCUT2D eigenvalue weighted by Crippen LogP contribution is 2.23. The average molecular weight is 387 g/mol. The van der Waals surface area contributed by atoms with E-state index in [0.29, 0.717) is 43.9 Å². The summed E-state index contributed by atoms with van der Waals surface area (Å²) in [7, 11) is 1.55. The Hall–Kier alpha value is -2.77. The van der Waals surface area contributed by atoms with E-state index in [4.69, 9.17) is 14.6 Å². The summed E-state index contributed by atoms with van der Waals surface area (Å²) < 4.78 is 24.3. The van der Waals surface area contributed by atoms with Crippen LogP contribution in [0.3, 0.4) is 0 Å². The number of methoxy groups -OCH3 is 1. The number of carbonyl (C=O) groups is 2. The van der Waals surface area contributed by atoms with E-state index in [9.17, 15) is 14.0 Å². The van der Waals surface area contributed by atoms with Crippen molar-refractivity contribution >= 4 is 11.9 Å². The predicted octanol–water partition coefficient (Wildman–Crippen LogP) is 2.89. The van der Waals surface area contributed by atoms with Crippen molar-refractivity contribution in [3.8, 4) is 0 Å². The van der Waals surface area contributed by atoms with Gasteiger partial charge in [0.25, 0.3) is 5.91 Å². The molecule has 1 amide bonds. The lowest BCUT2D eigenvalue weighted by atomic mass is 9.96. The zero-order chi connectivity index (χ0) is 20.1. The first-order valence-electron chi connectivity index (χ1n) is 8.99. The summed E-state index contributed by atoms with van der Waals surface area (Å²) in [5, 5.41) is 9.16. The van der Waals surface area contributed by atoms with Gasteiger partial charge in [-0.05, 0) is 47.9 Å². The summed E-state index contributed by atoms with van der Waals surface area (Å²) in [5.41, 5.74) is 2.76. The fourth-order valence-corrected chi connectivity index (χ4v) is 3.19. The molecule has 1 N–H and O–H groups in total. The second-order valence-corrected chi connectivity index (χ2v) is 6.62. The molecule has 0 saturated carbocycles. The van der Waals surface area contributed by atoms with Gasteiger partial charge in [0.2, 0.25) is 0 Å². The van der Waals surface area contributed by atoms with Gasteiger partial charge in [0.1, 0.15) is 5.82 Å². The molecule has 0 unspecified atom stereocenters. The van der Waals surface area contributed by atoms with Crippen molar-refractivity contribution in [3.05, 3.63) is 70.0 Å². The fraction of sp³-hybridized carbons (Fsp3) is 0.333. The van der Waals surface area contributed by atoms with Crippen LogP contribution in [0.1, 0.15) is 37.4 Å². The topological polar surface area (TPSA) is 76.1 Å². The summed E-state index contributed by atoms with van der Waals surface area (Å²) in [6.07, 6.45) is 0.648. The minimum absolute atomic E-state index is 0.0567. The van der Waals surface area contributed by atoms with Gasteiger partial charge in [-0.2, -0.15) is 0 Å². The van der Waals surface area contributed by atoms with Crippen LogP contribution in [0.2, 0.25) is 0 Å². The summed E-state index contributed by atoms with van der Waals surface area (Å²) in [6.45, 7) is 1.65. The number of carbonyl (C=O) groups excluding carboxylic acids is 1. The molecule has 1 aliphatic heterocycles. The largest absolute Gasteiger partial charge is 0.478 e. The van der Waals surface area contributed by atoms with E-state index in [0.717, 1.165) is 11.1 Å². The van der Waals surface area contributed by atoms with E-state index in [2.05, 4.69) is 0 Å². The molecule has 0 fully saturated rings. The first-order chi connectivity index (χ1) is 13.5. The molecule has 0 saturated heterocycles. The van der Waals surface area contributed by atoms with Gasteiger partial charge >= 0.3 is 5.97 Å². The lowest BCUT2D eigenvalue weighted by Gasteiger charge is -2.29. The molecule has 28 heavy (non-hydrogen) atoms. The molecule has 2 aromatic carbocycles. The van der Waals surface area contributed by atoms with Gasteiger partial charge in [-0.25, -0.2) is 9.18 Å². The van der Waals surface area contributed by atoms with Gasteiger partial charge < -0.3 is 19.5 Å². The van der Waals surface area contributed by atoms with Crippen molar-refractivity contribution in [2.45, 2.75) is 19.6 Å². The molecular weight excluding hydrogens is 365 g/mol. The monoisotopic (exact) mass is 387 g/mol. The normalized spacial score (nSPS) is 13.3. The molecule has 1 aliphatic rings. The molecule has 0 radical (unpaired) electrons. The Labute approximate surface area is 162 Å². The quantitative estimate of drug-likeness (QED) is 0.740. The number of aromatic carboxylic acids is 1. The number of rotatable bonds is 7. The first kappa shape index (κ1) is 20.0. The van der Waals surface area contributed by atoms with Gasteiger partial charge in [0.15, 0.2) is 0 Å². The fourth-order valence-electron chi connectivity index (χ4n) is 3.19. The lowest BCUT2D eigenvalue weighted by Crippen LogP contribution is -2.36. The highest BCUT2D eigenvalue weighted by atomic mass is 19.1. The second-order valence-electron chi connectivity index (χ2n) is 6.62. The number of carboxylic acid groups (broad SMARTS) is 1. The van der Waals surface area contributed by atoms with E-state index < -0.39 is 11.8 Å². The lowest BCUT2D eigenvalue weighted by molar-refractivity contribution is 0.0602. The summed E-state index contributed by atoms with van der Waals surface area (Å²) in [5.74, 6) is -1.64. The van der Waals surface area contributed by atoms with Crippen LogP contribution in [0.15, 0.2) is 36.4 Å². The first-order valence-corrected chi connectivity index (χ1v) is 8.99. The van der Waals surface area contributed by atoms with E-state index in [1.807, 2.05) is 0 Å². The van der Waals surface area contributed by atoms with Crippen molar-refractivity contribution in [1.29, 1.82) is 0 Å². The van der Waals surface area contributed by atoms with Crippen LogP contribution < -0.4 is 0 Å². The molecule has 0 aromatic heterocycles. The third-order valence-corrected chi connectivity index (χ3v) is 4.73. The number of carboxylic acids is 1. The number of ether oxygens (including phenoxy) is 2. The minimum Gasteiger partial charge on any atom is -0.478 e. The standard InChI is InChI=1S/C21H22FNO5/c1-27-8-9-28-13-18-10-15(4-5-19(18)22)20(24)23-7-6-14-2-3-16(21(25)26)11-17(14)12-23/h2-5,10-11H,6-9,12-13H2,1H3,(H,25,26). The van der Waals surface area contributed by atoms with Gasteiger partial charge in [0, 0.05) is 31.3 Å². The SMILES string of the molecule is COCCOCc1cc(C(=O)N2CCc3ccc(C(=O)O)cc3C2)ccc1F. The Morgan fingerprint density at radius 1 is 1.11 bits per heavy atom. The predicted molar refractivity (Wildman–Crippen MR) is 99.8 cm³/mol. The van der Waals surface area contributed by atoms with Crippen molar-refractivity contribution < 1.29 is 28.6 Å². The molecule has 6 nitrogen and oxygen atoms in total. The smallest absolute Gasteiger partial charge is 0.335 e. The molecule has 7 heteroatoms. The minimum atomic E-state index is -0.997. The maximum absolute atomic E-state index is 14.0. The molecule has 1 heterocycles. The maximum Gasteiger partial charge on any atom is 0.335 e. The number of halogens is 1. The Bertz CT molecular complexity index is 883. The van der Waals surface area contributed by atoms with Crippen LogP contribution in [0.4, 0.5) is 4.39 Å². The van der Waals surface area contributed by atoms with E-state index in [1.54, 1.807) is 30.2 Å². The molecule has 0 bridgehead atoms. The van der Waals surface area contributed by atoms with Crippen LogP contribution in [-0.4, -0.2) is 48.8 Å². The van der Waals surface area contributed by atoms with Crippen molar-refractivity contribution in [1.82, 2.24) is 4.90 Å². The van der Waals surface area contributed by atoms with Crippen molar-refractivity contribution in [3.63, 3.8) is 0 Å². The average Bonchev–Trinajstić information content (AvgIpc) is 2.71. The van der Waals surface area contributed by atoms with E-state index >= 15 is 0 Å². The van der Waals surface area contributed by atoms with Crippen LogP contribution in [-0.2, 0) is 29.0 Å². The van der Waals surface area contributed by atoms with E-state index in [-0.39, 0.29) is 18.1 Å². The molecular formula is C21H22FNO5. The molecule has 0 atom stereocenters. The summed E-state index contributed by atoms with van der Waals surface area (Å²) >= 11 is 0. The number of fused-ring (bicyclic) bond motifs is 1. The summed E-state index contributed by atoms with van der Waals surface area (Å²) in [6, 6.07) is 9.22. The van der Waals surface area contributed by atoms with Crippen molar-refractivity contribution in [2.24, 2.45) is 0 Å². The Morgan fingerprint density at radius 2 is 1.89 bits per heavy atom. The number of hydrogen-bond acceptors (Lipinski definition) is 4. The third kappa shape index (κ3) is 4.55. The summed E-state index contributed by atoms with van der Waals surface area (Å²) in [4.78, 5) is 25.7. The van der Waals surface area contributed by atoms with Crippen molar-refractivity contribution in [2.75, 3.05) is 26.9 Å². The zero-order valence-corrected chi connectivity index (χ0v) is 15.6. The zero-order valence-electron chi connectivity index (χ0n) is 15.6. The molecule has 148 valence electrons. The number of benzene rings is 2. The van der Waals surface area contributed by atoms with Crippen LogP contribution in [0, 0.1) is 5.82 Å². The van der Waals surface area contributed by atoms with Gasteiger partial charge in [0.05, 0.1) is 25.4 Å². The molecule has 3 rings (SSSR count). The van der Waals surface area contributed by atoms with Gasteiger partial charge in [-0.15, -0.1) is 0 Å². The second kappa shape index (κ2) is 8.95. The number of nitrogens with zero attached hydrogens (tertiary/aromatic N) is 1. The highest BCUT2D eigenvalue weighted by Gasteiger charge is 2.23. The third-order valence-electron chi connectivity index (χ3n) is 4.73. The Kier molecular flexibility index (Phi) is 6.38. The van der Waals surface area contributed by atoms with Crippen LogP contribution >= 0.6 is 0 Å². The highest BCUT2D eigenvalue weighted by molar-refractivity contribution is 5.94. The Balaban J connectivity index is 1.73. The van der Waals surface area contributed by atoms with Crippen LogP contribution in [0.25, 0.3) is 0 Å². The Morgan fingerprint density at radius 3 is 2.64 bits per heavy atom. The number of amides is 1. The van der Waals surface area contributed by atoms with Gasteiger partial charge in [-0.1, -0.05) is 6.07 Å². The molecule has 0 spiro atoms.